The van der Waals surface area contributed by atoms with Gasteiger partial charge in [-0.15, -0.1) is 10.2 Å². The Balaban J connectivity index is 2.11. The van der Waals surface area contributed by atoms with Gasteiger partial charge in [0.1, 0.15) is 5.75 Å². The van der Waals surface area contributed by atoms with Crippen molar-refractivity contribution in [3.05, 3.63) is 41.6 Å². The normalized spacial score (nSPS) is 12.4. The molecule has 1 N–H and O–H groups in total. The van der Waals surface area contributed by atoms with Crippen molar-refractivity contribution in [2.75, 3.05) is 13.7 Å². The van der Waals surface area contributed by atoms with E-state index in [1.54, 1.807) is 7.11 Å². The minimum absolute atomic E-state index is 0.0731. The third-order valence-corrected chi connectivity index (χ3v) is 2.90. The molecular formula is C14H19N3O2. The topological polar surface area (TPSA) is 60.2 Å². The second-order valence-electron chi connectivity index (χ2n) is 4.30. The van der Waals surface area contributed by atoms with Crippen LogP contribution in [0.4, 0.5) is 0 Å². The lowest BCUT2D eigenvalue weighted by molar-refractivity contribution is 0.393. The molecule has 1 aromatic carbocycles. The molecule has 19 heavy (non-hydrogen) atoms. The maximum Gasteiger partial charge on any atom is 0.233 e. The number of hydrogen-bond acceptors (Lipinski definition) is 5. The first-order chi connectivity index (χ1) is 9.24. The molecule has 0 radical (unpaired) electrons. The maximum absolute atomic E-state index is 5.66. The fraction of sp³-hybridized carbons (Fsp3) is 0.429. The van der Waals surface area contributed by atoms with Gasteiger partial charge in [-0.1, -0.05) is 25.1 Å². The monoisotopic (exact) mass is 261 g/mol. The molecule has 0 fully saturated rings. The third kappa shape index (κ3) is 3.32. The molecule has 1 aromatic heterocycles. The minimum atomic E-state index is 0.0731. The predicted molar refractivity (Wildman–Crippen MR) is 72.2 cm³/mol. The van der Waals surface area contributed by atoms with Crippen LogP contribution in [0.1, 0.15) is 37.2 Å². The highest BCUT2D eigenvalue weighted by atomic mass is 16.5. The molecule has 2 rings (SSSR count). The molecule has 0 saturated carbocycles. The summed E-state index contributed by atoms with van der Waals surface area (Å²) >= 11 is 0. The number of benzene rings is 1. The van der Waals surface area contributed by atoms with Crippen LogP contribution in [-0.4, -0.2) is 23.9 Å². The molecule has 2 aromatic rings. The van der Waals surface area contributed by atoms with Crippen LogP contribution >= 0.6 is 0 Å². The van der Waals surface area contributed by atoms with Gasteiger partial charge in [-0.2, -0.15) is 0 Å². The molecule has 0 amide bonds. The van der Waals surface area contributed by atoms with Crippen molar-refractivity contribution < 1.29 is 9.15 Å². The van der Waals surface area contributed by atoms with Gasteiger partial charge in [0, 0.05) is 5.56 Å². The molecule has 0 spiro atoms. The van der Waals surface area contributed by atoms with Crippen molar-refractivity contribution in [1.82, 2.24) is 15.5 Å². The first kappa shape index (κ1) is 13.5. The molecule has 0 aliphatic heterocycles. The van der Waals surface area contributed by atoms with E-state index >= 15 is 0 Å². The fourth-order valence-corrected chi connectivity index (χ4v) is 1.92. The van der Waals surface area contributed by atoms with E-state index in [9.17, 15) is 0 Å². The summed E-state index contributed by atoms with van der Waals surface area (Å²) in [5.41, 5.74) is 1.04. The lowest BCUT2D eigenvalue weighted by Crippen LogP contribution is -2.17. The van der Waals surface area contributed by atoms with Gasteiger partial charge in [0.05, 0.1) is 19.6 Å². The van der Waals surface area contributed by atoms with Gasteiger partial charge >= 0.3 is 0 Å². The van der Waals surface area contributed by atoms with Gasteiger partial charge < -0.3 is 14.5 Å². The molecule has 5 heteroatoms. The highest BCUT2D eigenvalue weighted by Gasteiger charge is 2.14. The van der Waals surface area contributed by atoms with Crippen LogP contribution in [0.2, 0.25) is 0 Å². The average Bonchev–Trinajstić information content (AvgIpc) is 2.88. The van der Waals surface area contributed by atoms with Gasteiger partial charge in [0.15, 0.2) is 0 Å². The smallest absolute Gasteiger partial charge is 0.233 e. The zero-order chi connectivity index (χ0) is 13.7. The van der Waals surface area contributed by atoms with Crippen molar-refractivity contribution in [1.29, 1.82) is 0 Å². The Bertz CT molecular complexity index is 525. The number of nitrogens with zero attached hydrogens (tertiary/aromatic N) is 2. The summed E-state index contributed by atoms with van der Waals surface area (Å²) in [6.45, 7) is 4.91. The van der Waals surface area contributed by atoms with E-state index in [2.05, 4.69) is 15.5 Å². The number of ether oxygens (including phenoxy) is 1. The Hall–Kier alpha value is -1.88. The lowest BCUT2D eigenvalue weighted by atomic mass is 10.1. The van der Waals surface area contributed by atoms with Gasteiger partial charge in [0.25, 0.3) is 0 Å². The van der Waals surface area contributed by atoms with Gasteiger partial charge in [-0.3, -0.25) is 0 Å². The Morgan fingerprint density at radius 2 is 2.11 bits per heavy atom. The van der Waals surface area contributed by atoms with Crippen LogP contribution in [0.3, 0.4) is 0 Å². The number of para-hydroxylation sites is 1. The van der Waals surface area contributed by atoms with Gasteiger partial charge in [-0.25, -0.2) is 0 Å². The largest absolute Gasteiger partial charge is 0.496 e. The summed E-state index contributed by atoms with van der Waals surface area (Å²) in [5, 5.41) is 11.4. The van der Waals surface area contributed by atoms with Crippen LogP contribution < -0.4 is 10.1 Å². The summed E-state index contributed by atoms with van der Waals surface area (Å²) in [4.78, 5) is 0. The van der Waals surface area contributed by atoms with E-state index in [0.29, 0.717) is 18.2 Å². The summed E-state index contributed by atoms with van der Waals surface area (Å²) in [5.74, 6) is 2.05. The third-order valence-electron chi connectivity index (χ3n) is 2.90. The molecule has 0 saturated heterocycles. The van der Waals surface area contributed by atoms with Crippen molar-refractivity contribution in [2.45, 2.75) is 26.3 Å². The Morgan fingerprint density at radius 3 is 2.84 bits per heavy atom. The SMILES string of the molecule is CCNC(C)c1nnc(Cc2ccccc2OC)o1. The minimum Gasteiger partial charge on any atom is -0.496 e. The average molecular weight is 261 g/mol. The number of nitrogens with one attached hydrogen (secondary N) is 1. The Morgan fingerprint density at radius 1 is 1.32 bits per heavy atom. The van der Waals surface area contributed by atoms with Crippen LogP contribution in [0.25, 0.3) is 0 Å². The van der Waals surface area contributed by atoms with Crippen LogP contribution in [0.15, 0.2) is 28.7 Å². The number of methoxy groups -OCH3 is 1. The van der Waals surface area contributed by atoms with Crippen LogP contribution in [0, 0.1) is 0 Å². The highest BCUT2D eigenvalue weighted by Crippen LogP contribution is 2.21. The number of aromatic nitrogens is 2. The van der Waals surface area contributed by atoms with E-state index in [0.717, 1.165) is 17.9 Å². The van der Waals surface area contributed by atoms with E-state index in [1.807, 2.05) is 38.1 Å². The zero-order valence-corrected chi connectivity index (χ0v) is 11.5. The zero-order valence-electron chi connectivity index (χ0n) is 11.5. The molecule has 0 aliphatic rings. The molecule has 5 nitrogen and oxygen atoms in total. The molecule has 0 aliphatic carbocycles. The summed E-state index contributed by atoms with van der Waals surface area (Å²) in [6, 6.07) is 7.90. The Kier molecular flexibility index (Phi) is 4.52. The van der Waals surface area contributed by atoms with Gasteiger partial charge in [-0.05, 0) is 19.5 Å². The van der Waals surface area contributed by atoms with E-state index in [4.69, 9.17) is 9.15 Å². The molecule has 1 unspecified atom stereocenters. The van der Waals surface area contributed by atoms with E-state index in [-0.39, 0.29) is 6.04 Å². The van der Waals surface area contributed by atoms with Crippen molar-refractivity contribution in [3.63, 3.8) is 0 Å². The molecule has 1 heterocycles. The lowest BCUT2D eigenvalue weighted by Gasteiger charge is -2.06. The first-order valence-corrected chi connectivity index (χ1v) is 6.42. The maximum atomic E-state index is 5.66. The molecular weight excluding hydrogens is 242 g/mol. The molecule has 0 bridgehead atoms. The van der Waals surface area contributed by atoms with Crippen LogP contribution in [0.5, 0.6) is 5.75 Å². The van der Waals surface area contributed by atoms with Crippen molar-refractivity contribution >= 4 is 0 Å². The van der Waals surface area contributed by atoms with E-state index in [1.165, 1.54) is 0 Å². The Labute approximate surface area is 113 Å². The fourth-order valence-electron chi connectivity index (χ4n) is 1.92. The summed E-state index contributed by atoms with van der Waals surface area (Å²) in [6.07, 6.45) is 0.579. The molecule has 102 valence electrons. The predicted octanol–water partition coefficient (Wildman–Crippen LogP) is 2.34. The van der Waals surface area contributed by atoms with E-state index < -0.39 is 0 Å². The number of rotatable bonds is 6. The van der Waals surface area contributed by atoms with Crippen molar-refractivity contribution in [2.24, 2.45) is 0 Å². The molecule has 1 atom stereocenters. The van der Waals surface area contributed by atoms with Crippen LogP contribution in [-0.2, 0) is 6.42 Å². The first-order valence-electron chi connectivity index (χ1n) is 6.42. The summed E-state index contributed by atoms with van der Waals surface area (Å²) in [7, 11) is 1.66. The highest BCUT2D eigenvalue weighted by molar-refractivity contribution is 5.34. The number of hydrogen-bond donors (Lipinski definition) is 1. The van der Waals surface area contributed by atoms with Crippen molar-refractivity contribution in [3.8, 4) is 5.75 Å². The summed E-state index contributed by atoms with van der Waals surface area (Å²) < 4.78 is 11.0. The second-order valence-corrected chi connectivity index (χ2v) is 4.30. The standard InChI is InChI=1S/C14H19N3O2/c1-4-15-10(2)14-17-16-13(19-14)9-11-7-5-6-8-12(11)18-3/h5-8,10,15H,4,9H2,1-3H3. The quantitative estimate of drug-likeness (QED) is 0.864. The van der Waals surface area contributed by atoms with Gasteiger partial charge in [0.2, 0.25) is 11.8 Å². The second kappa shape index (κ2) is 6.33.